The molecule has 0 saturated carbocycles. The number of benzene rings is 1. The maximum atomic E-state index is 5.79. The second kappa shape index (κ2) is 4.81. The number of anilines is 2. The van der Waals surface area contributed by atoms with E-state index in [2.05, 4.69) is 15.3 Å². The average Bonchev–Trinajstić information content (AvgIpc) is 2.32. The van der Waals surface area contributed by atoms with Crippen molar-refractivity contribution in [1.29, 1.82) is 0 Å². The maximum Gasteiger partial charge on any atom is 0.218 e. The van der Waals surface area contributed by atoms with Crippen LogP contribution in [0.15, 0.2) is 36.7 Å². The highest BCUT2D eigenvalue weighted by molar-refractivity contribution is 6.30. The van der Waals surface area contributed by atoms with Crippen molar-refractivity contribution in [2.45, 2.75) is 0 Å². The van der Waals surface area contributed by atoms with E-state index < -0.39 is 0 Å². The fraction of sp³-hybridized carbons (Fsp3) is 0.0909. The quantitative estimate of drug-likeness (QED) is 0.889. The first kappa shape index (κ1) is 10.7. The van der Waals surface area contributed by atoms with Gasteiger partial charge in [0, 0.05) is 16.8 Å². The Morgan fingerprint density at radius 3 is 2.62 bits per heavy atom. The van der Waals surface area contributed by atoms with Gasteiger partial charge in [-0.1, -0.05) is 11.6 Å². The summed E-state index contributed by atoms with van der Waals surface area (Å²) in [7, 11) is 1.56. The summed E-state index contributed by atoms with van der Waals surface area (Å²) in [6.07, 6.45) is 1.44. The zero-order chi connectivity index (χ0) is 11.4. The number of halogens is 1. The average molecular weight is 236 g/mol. The smallest absolute Gasteiger partial charge is 0.218 e. The van der Waals surface area contributed by atoms with E-state index >= 15 is 0 Å². The third-order valence-corrected chi connectivity index (χ3v) is 2.22. The SMILES string of the molecule is COc1cc(Nc2ccc(Cl)cc2)ncn1. The van der Waals surface area contributed by atoms with Gasteiger partial charge in [-0.05, 0) is 24.3 Å². The Bertz CT molecular complexity index is 473. The van der Waals surface area contributed by atoms with Crippen LogP contribution in [0.2, 0.25) is 5.02 Å². The Hall–Kier alpha value is -1.81. The van der Waals surface area contributed by atoms with Gasteiger partial charge in [-0.15, -0.1) is 0 Å². The summed E-state index contributed by atoms with van der Waals surface area (Å²) in [6, 6.07) is 9.08. The van der Waals surface area contributed by atoms with Crippen LogP contribution in [0.1, 0.15) is 0 Å². The lowest BCUT2D eigenvalue weighted by atomic mass is 10.3. The highest BCUT2D eigenvalue weighted by Crippen LogP contribution is 2.18. The summed E-state index contributed by atoms with van der Waals surface area (Å²) < 4.78 is 5.00. The van der Waals surface area contributed by atoms with Gasteiger partial charge < -0.3 is 10.1 Å². The molecule has 16 heavy (non-hydrogen) atoms. The van der Waals surface area contributed by atoms with E-state index in [0.29, 0.717) is 16.7 Å². The molecule has 0 aliphatic rings. The summed E-state index contributed by atoms with van der Waals surface area (Å²) in [5.74, 6) is 1.20. The van der Waals surface area contributed by atoms with Gasteiger partial charge in [0.2, 0.25) is 5.88 Å². The van der Waals surface area contributed by atoms with Crippen LogP contribution in [-0.4, -0.2) is 17.1 Å². The molecule has 0 unspecified atom stereocenters. The lowest BCUT2D eigenvalue weighted by molar-refractivity contribution is 0.397. The molecule has 0 aliphatic carbocycles. The van der Waals surface area contributed by atoms with Gasteiger partial charge in [0.05, 0.1) is 7.11 Å². The Balaban J connectivity index is 2.16. The summed E-state index contributed by atoms with van der Waals surface area (Å²) in [5.41, 5.74) is 0.908. The monoisotopic (exact) mass is 235 g/mol. The molecule has 0 aliphatic heterocycles. The molecule has 0 fully saturated rings. The number of rotatable bonds is 3. The molecule has 1 aromatic heterocycles. The molecular weight excluding hydrogens is 226 g/mol. The van der Waals surface area contributed by atoms with Crippen molar-refractivity contribution < 1.29 is 4.74 Å². The van der Waals surface area contributed by atoms with Crippen molar-refractivity contribution >= 4 is 23.1 Å². The number of nitrogens with one attached hydrogen (secondary N) is 1. The summed E-state index contributed by atoms with van der Waals surface area (Å²) in [6.45, 7) is 0. The predicted octanol–water partition coefficient (Wildman–Crippen LogP) is 2.88. The van der Waals surface area contributed by atoms with E-state index in [-0.39, 0.29) is 0 Å². The normalized spacial score (nSPS) is 9.88. The Kier molecular flexibility index (Phi) is 3.22. The minimum absolute atomic E-state index is 0.520. The van der Waals surface area contributed by atoms with Crippen molar-refractivity contribution in [3.05, 3.63) is 41.7 Å². The van der Waals surface area contributed by atoms with Crippen LogP contribution in [0.3, 0.4) is 0 Å². The van der Waals surface area contributed by atoms with E-state index in [1.807, 2.05) is 24.3 Å². The van der Waals surface area contributed by atoms with Gasteiger partial charge in [0.15, 0.2) is 0 Å². The number of hydrogen-bond donors (Lipinski definition) is 1. The minimum atomic E-state index is 0.520. The van der Waals surface area contributed by atoms with Crippen LogP contribution in [0, 0.1) is 0 Å². The van der Waals surface area contributed by atoms with Gasteiger partial charge in [-0.3, -0.25) is 0 Å². The molecule has 82 valence electrons. The van der Waals surface area contributed by atoms with E-state index in [9.17, 15) is 0 Å². The van der Waals surface area contributed by atoms with Crippen molar-refractivity contribution in [2.24, 2.45) is 0 Å². The van der Waals surface area contributed by atoms with Crippen LogP contribution in [0.25, 0.3) is 0 Å². The molecule has 0 saturated heterocycles. The highest BCUT2D eigenvalue weighted by atomic mass is 35.5. The Morgan fingerprint density at radius 2 is 1.94 bits per heavy atom. The summed E-state index contributed by atoms with van der Waals surface area (Å²) >= 11 is 5.79. The first-order valence-electron chi connectivity index (χ1n) is 4.66. The maximum absolute atomic E-state index is 5.79. The standard InChI is InChI=1S/C11H10ClN3O/c1-16-11-6-10(13-7-14-11)15-9-4-2-8(12)3-5-9/h2-7H,1H3,(H,13,14,15). The Labute approximate surface area is 98.3 Å². The van der Waals surface area contributed by atoms with Crippen LogP contribution >= 0.6 is 11.6 Å². The molecule has 0 spiro atoms. The van der Waals surface area contributed by atoms with E-state index in [1.165, 1.54) is 6.33 Å². The van der Waals surface area contributed by atoms with Crippen LogP contribution in [0.4, 0.5) is 11.5 Å². The van der Waals surface area contributed by atoms with Crippen molar-refractivity contribution in [3.8, 4) is 5.88 Å². The third kappa shape index (κ3) is 2.61. The zero-order valence-corrected chi connectivity index (χ0v) is 9.40. The largest absolute Gasteiger partial charge is 0.481 e. The predicted molar refractivity (Wildman–Crippen MR) is 63.3 cm³/mol. The van der Waals surface area contributed by atoms with Gasteiger partial charge in [0.1, 0.15) is 12.1 Å². The van der Waals surface area contributed by atoms with Crippen LogP contribution in [-0.2, 0) is 0 Å². The first-order chi connectivity index (χ1) is 7.78. The third-order valence-electron chi connectivity index (χ3n) is 1.97. The molecule has 5 heteroatoms. The van der Waals surface area contributed by atoms with Gasteiger partial charge in [-0.2, -0.15) is 0 Å². The second-order valence-electron chi connectivity index (χ2n) is 3.08. The molecule has 0 bridgehead atoms. The molecule has 0 atom stereocenters. The molecule has 1 aromatic carbocycles. The van der Waals surface area contributed by atoms with E-state index in [4.69, 9.17) is 16.3 Å². The van der Waals surface area contributed by atoms with Gasteiger partial charge in [-0.25, -0.2) is 9.97 Å². The molecule has 0 radical (unpaired) electrons. The second-order valence-corrected chi connectivity index (χ2v) is 3.51. The van der Waals surface area contributed by atoms with Crippen LogP contribution < -0.4 is 10.1 Å². The fourth-order valence-corrected chi connectivity index (χ4v) is 1.33. The fourth-order valence-electron chi connectivity index (χ4n) is 1.20. The van der Waals surface area contributed by atoms with Crippen molar-refractivity contribution in [1.82, 2.24) is 9.97 Å². The molecular formula is C11H10ClN3O. The first-order valence-corrected chi connectivity index (χ1v) is 5.04. The van der Waals surface area contributed by atoms with Gasteiger partial charge >= 0.3 is 0 Å². The summed E-state index contributed by atoms with van der Waals surface area (Å²) in [5, 5.41) is 3.82. The molecule has 2 rings (SSSR count). The van der Waals surface area contributed by atoms with Crippen molar-refractivity contribution in [3.63, 3.8) is 0 Å². The minimum Gasteiger partial charge on any atom is -0.481 e. The highest BCUT2D eigenvalue weighted by Gasteiger charge is 1.99. The van der Waals surface area contributed by atoms with Crippen molar-refractivity contribution in [2.75, 3.05) is 12.4 Å². The lowest BCUT2D eigenvalue weighted by Crippen LogP contribution is -1.95. The van der Waals surface area contributed by atoms with E-state index in [0.717, 1.165) is 5.69 Å². The Morgan fingerprint density at radius 1 is 1.19 bits per heavy atom. The summed E-state index contributed by atoms with van der Waals surface area (Å²) in [4.78, 5) is 7.99. The number of nitrogens with zero attached hydrogens (tertiary/aromatic N) is 2. The molecule has 4 nitrogen and oxygen atoms in total. The van der Waals surface area contributed by atoms with Gasteiger partial charge in [0.25, 0.3) is 0 Å². The number of methoxy groups -OCH3 is 1. The number of aromatic nitrogens is 2. The lowest BCUT2D eigenvalue weighted by Gasteiger charge is -2.06. The molecule has 1 N–H and O–H groups in total. The zero-order valence-electron chi connectivity index (χ0n) is 8.64. The van der Waals surface area contributed by atoms with Crippen LogP contribution in [0.5, 0.6) is 5.88 Å². The molecule has 0 amide bonds. The molecule has 1 heterocycles. The van der Waals surface area contributed by atoms with E-state index in [1.54, 1.807) is 13.2 Å². The number of hydrogen-bond acceptors (Lipinski definition) is 4. The molecule has 2 aromatic rings. The number of ether oxygens (including phenoxy) is 1. The topological polar surface area (TPSA) is 47.0 Å².